The second-order valence-electron chi connectivity index (χ2n) is 5.69. The minimum Gasteiger partial charge on any atom is -0.497 e. The molecule has 0 bridgehead atoms. The lowest BCUT2D eigenvalue weighted by molar-refractivity contribution is -0.138. The predicted molar refractivity (Wildman–Crippen MR) is 80.9 cm³/mol. The highest BCUT2D eigenvalue weighted by Crippen LogP contribution is 2.22. The van der Waals surface area contributed by atoms with Crippen LogP contribution in [0, 0.1) is 0 Å². The first-order chi connectivity index (χ1) is 9.66. The Balaban J connectivity index is 2.98. The molecule has 0 unspecified atom stereocenters. The highest BCUT2D eigenvalue weighted by atomic mass is 16.5. The average Bonchev–Trinajstić information content (AvgIpc) is 2.42. The van der Waals surface area contributed by atoms with Gasteiger partial charge in [0, 0.05) is 18.3 Å². The maximum Gasteiger partial charge on any atom is 0.325 e. The third kappa shape index (κ3) is 4.37. The van der Waals surface area contributed by atoms with Crippen molar-refractivity contribution in [2.24, 2.45) is 0 Å². The summed E-state index contributed by atoms with van der Waals surface area (Å²) >= 11 is 0. The number of rotatable bonds is 4. The number of nitrogens with zero attached hydrogens (tertiary/aromatic N) is 2. The third-order valence-corrected chi connectivity index (χ3v) is 3.08. The molecule has 1 aromatic rings. The van der Waals surface area contributed by atoms with Crippen molar-refractivity contribution in [3.63, 3.8) is 0 Å². The van der Waals surface area contributed by atoms with E-state index in [9.17, 15) is 9.59 Å². The molecule has 6 nitrogen and oxygen atoms in total. The summed E-state index contributed by atoms with van der Waals surface area (Å²) in [4.78, 5) is 26.3. The Morgan fingerprint density at radius 3 is 2.10 bits per heavy atom. The molecule has 0 aliphatic carbocycles. The van der Waals surface area contributed by atoms with Crippen molar-refractivity contribution in [2.75, 3.05) is 25.6 Å². The summed E-state index contributed by atoms with van der Waals surface area (Å²) in [6, 6.07) is 6.63. The molecule has 6 heteroatoms. The fraction of sp³-hybridized carbons (Fsp3) is 0.467. The highest BCUT2D eigenvalue weighted by Gasteiger charge is 2.31. The number of ether oxygens (including phenoxy) is 1. The summed E-state index contributed by atoms with van der Waals surface area (Å²) in [6.45, 7) is 5.06. The van der Waals surface area contributed by atoms with Crippen molar-refractivity contribution in [2.45, 2.75) is 26.3 Å². The number of carbonyl (C=O) groups is 2. The maximum atomic E-state index is 12.5. The van der Waals surface area contributed by atoms with Gasteiger partial charge < -0.3 is 14.7 Å². The Labute approximate surface area is 124 Å². The van der Waals surface area contributed by atoms with Crippen molar-refractivity contribution in [3.8, 4) is 5.75 Å². The molecular weight excluding hydrogens is 272 g/mol. The van der Waals surface area contributed by atoms with Gasteiger partial charge in [-0.1, -0.05) is 0 Å². The summed E-state index contributed by atoms with van der Waals surface area (Å²) in [5.41, 5.74) is 0.0800. The van der Waals surface area contributed by atoms with Crippen LogP contribution in [0.2, 0.25) is 0 Å². The molecule has 0 saturated carbocycles. The monoisotopic (exact) mass is 294 g/mol. The zero-order valence-electron chi connectivity index (χ0n) is 13.1. The van der Waals surface area contributed by atoms with Crippen LogP contribution in [0.1, 0.15) is 20.8 Å². The van der Waals surface area contributed by atoms with E-state index in [0.29, 0.717) is 11.4 Å². The van der Waals surface area contributed by atoms with Gasteiger partial charge in [-0.3, -0.25) is 9.69 Å². The minimum atomic E-state index is -1.04. The van der Waals surface area contributed by atoms with Crippen LogP contribution in [0.5, 0.6) is 5.75 Å². The van der Waals surface area contributed by atoms with Crippen LogP contribution in [0.3, 0.4) is 0 Å². The lowest BCUT2D eigenvalue weighted by atomic mass is 10.1. The topological polar surface area (TPSA) is 70.1 Å². The molecule has 0 heterocycles. The molecule has 0 atom stereocenters. The van der Waals surface area contributed by atoms with E-state index in [0.717, 1.165) is 0 Å². The number of aliphatic carboxylic acids is 1. The fourth-order valence-electron chi connectivity index (χ4n) is 1.82. The van der Waals surface area contributed by atoms with Gasteiger partial charge in [-0.15, -0.1) is 0 Å². The van der Waals surface area contributed by atoms with Crippen LogP contribution in [-0.4, -0.2) is 48.2 Å². The van der Waals surface area contributed by atoms with E-state index in [1.54, 1.807) is 59.2 Å². The molecule has 0 saturated heterocycles. The number of hydrogen-bond donors (Lipinski definition) is 1. The summed E-state index contributed by atoms with van der Waals surface area (Å²) < 4.78 is 5.07. The van der Waals surface area contributed by atoms with E-state index in [1.807, 2.05) is 0 Å². The second-order valence-corrected chi connectivity index (χ2v) is 5.69. The van der Waals surface area contributed by atoms with Gasteiger partial charge in [0.2, 0.25) is 0 Å². The zero-order chi connectivity index (χ0) is 16.2. The molecule has 0 aliphatic heterocycles. The van der Waals surface area contributed by atoms with Gasteiger partial charge in [-0.2, -0.15) is 0 Å². The molecule has 0 radical (unpaired) electrons. The molecule has 1 aromatic carbocycles. The fourth-order valence-corrected chi connectivity index (χ4v) is 1.82. The Kier molecular flexibility index (Phi) is 5.18. The maximum absolute atomic E-state index is 12.5. The third-order valence-electron chi connectivity index (χ3n) is 3.08. The van der Waals surface area contributed by atoms with Gasteiger partial charge in [-0.05, 0) is 45.0 Å². The molecule has 0 aliphatic rings. The number of urea groups is 1. The molecule has 116 valence electrons. The minimum absolute atomic E-state index is 0.344. The summed E-state index contributed by atoms with van der Waals surface area (Å²) in [5, 5.41) is 8.99. The average molecular weight is 294 g/mol. The van der Waals surface area contributed by atoms with Crippen molar-refractivity contribution in [1.29, 1.82) is 0 Å². The molecule has 2 amide bonds. The van der Waals surface area contributed by atoms with Gasteiger partial charge in [0.25, 0.3) is 0 Å². The number of methoxy groups -OCH3 is 1. The van der Waals surface area contributed by atoms with Crippen LogP contribution in [0.4, 0.5) is 10.5 Å². The first-order valence-electron chi connectivity index (χ1n) is 6.58. The van der Waals surface area contributed by atoms with Crippen LogP contribution in [0.15, 0.2) is 24.3 Å². The number of amides is 2. The molecule has 0 aromatic heterocycles. The van der Waals surface area contributed by atoms with Crippen molar-refractivity contribution in [1.82, 2.24) is 4.90 Å². The highest BCUT2D eigenvalue weighted by molar-refractivity contribution is 5.93. The van der Waals surface area contributed by atoms with Crippen LogP contribution < -0.4 is 9.64 Å². The van der Waals surface area contributed by atoms with Gasteiger partial charge in [0.15, 0.2) is 0 Å². The Morgan fingerprint density at radius 1 is 1.19 bits per heavy atom. The number of benzene rings is 1. The quantitative estimate of drug-likeness (QED) is 0.926. The van der Waals surface area contributed by atoms with Gasteiger partial charge in [-0.25, -0.2) is 4.79 Å². The standard InChI is InChI=1S/C15H22N2O4/c1-15(2,3)17(10-13(18)19)14(20)16(4)11-6-8-12(21-5)9-7-11/h6-9H,10H2,1-5H3,(H,18,19). The first kappa shape index (κ1) is 16.8. The Morgan fingerprint density at radius 2 is 1.71 bits per heavy atom. The van der Waals surface area contributed by atoms with Crippen molar-refractivity contribution < 1.29 is 19.4 Å². The lowest BCUT2D eigenvalue weighted by Crippen LogP contribution is -2.53. The van der Waals surface area contributed by atoms with Gasteiger partial charge in [0.1, 0.15) is 12.3 Å². The number of hydrogen-bond acceptors (Lipinski definition) is 3. The van der Waals surface area contributed by atoms with E-state index in [4.69, 9.17) is 9.84 Å². The van der Waals surface area contributed by atoms with Crippen LogP contribution in [-0.2, 0) is 4.79 Å². The largest absolute Gasteiger partial charge is 0.497 e. The zero-order valence-corrected chi connectivity index (χ0v) is 13.1. The number of anilines is 1. The van der Waals surface area contributed by atoms with Gasteiger partial charge >= 0.3 is 12.0 Å². The lowest BCUT2D eigenvalue weighted by Gasteiger charge is -2.37. The van der Waals surface area contributed by atoms with E-state index >= 15 is 0 Å². The smallest absolute Gasteiger partial charge is 0.325 e. The molecular formula is C15H22N2O4. The molecule has 1 rings (SSSR count). The normalized spacial score (nSPS) is 10.9. The van der Waals surface area contributed by atoms with Crippen LogP contribution >= 0.6 is 0 Å². The van der Waals surface area contributed by atoms with Crippen molar-refractivity contribution in [3.05, 3.63) is 24.3 Å². The molecule has 21 heavy (non-hydrogen) atoms. The Bertz CT molecular complexity index is 505. The number of carboxylic acid groups (broad SMARTS) is 1. The SMILES string of the molecule is COc1ccc(N(C)C(=O)N(CC(=O)O)C(C)(C)C)cc1. The number of carbonyl (C=O) groups excluding carboxylic acids is 1. The summed E-state index contributed by atoms with van der Waals surface area (Å²) in [5.74, 6) is -0.348. The molecule has 0 fully saturated rings. The van der Waals surface area contributed by atoms with E-state index < -0.39 is 11.5 Å². The predicted octanol–water partition coefficient (Wildman–Crippen LogP) is 2.44. The Hall–Kier alpha value is -2.24. The van der Waals surface area contributed by atoms with E-state index in [-0.39, 0.29) is 12.6 Å². The van der Waals surface area contributed by atoms with E-state index in [1.165, 1.54) is 9.80 Å². The summed E-state index contributed by atoms with van der Waals surface area (Å²) in [6.07, 6.45) is 0. The molecule has 0 spiro atoms. The second kappa shape index (κ2) is 6.47. The van der Waals surface area contributed by atoms with Gasteiger partial charge in [0.05, 0.1) is 7.11 Å². The summed E-state index contributed by atoms with van der Waals surface area (Å²) in [7, 11) is 3.18. The number of carboxylic acids is 1. The van der Waals surface area contributed by atoms with Crippen molar-refractivity contribution >= 4 is 17.7 Å². The van der Waals surface area contributed by atoms with Crippen LogP contribution in [0.25, 0.3) is 0 Å². The first-order valence-corrected chi connectivity index (χ1v) is 6.58. The van der Waals surface area contributed by atoms with E-state index in [2.05, 4.69) is 0 Å². The molecule has 1 N–H and O–H groups in total.